The zero-order valence-corrected chi connectivity index (χ0v) is 8.68. The molecule has 1 unspecified atom stereocenters. The van der Waals surface area contributed by atoms with Crippen LogP contribution >= 0.6 is 0 Å². The summed E-state index contributed by atoms with van der Waals surface area (Å²) in [4.78, 5) is 10.6. The van der Waals surface area contributed by atoms with Crippen LogP contribution in [0, 0.1) is 0 Å². The van der Waals surface area contributed by atoms with Gasteiger partial charge in [0.25, 0.3) is 0 Å². The number of benzene rings is 1. The summed E-state index contributed by atoms with van der Waals surface area (Å²) in [6.45, 7) is 3.67. The van der Waals surface area contributed by atoms with Crippen LogP contribution < -0.4 is 4.74 Å². The minimum Gasteiger partial charge on any atom is -0.491 e. The SMILES string of the molecule is CC(C)Oc1ccccc1C(O)C(=O)O. The molecule has 0 amide bonds. The Balaban J connectivity index is 3.00. The van der Waals surface area contributed by atoms with E-state index in [9.17, 15) is 9.90 Å². The van der Waals surface area contributed by atoms with E-state index in [1.807, 2.05) is 13.8 Å². The van der Waals surface area contributed by atoms with Crippen molar-refractivity contribution in [3.63, 3.8) is 0 Å². The molecule has 0 fully saturated rings. The normalized spacial score (nSPS) is 12.5. The Bertz CT molecular complexity index is 346. The topological polar surface area (TPSA) is 66.8 Å². The summed E-state index contributed by atoms with van der Waals surface area (Å²) in [5.41, 5.74) is 0.277. The number of carbonyl (C=O) groups is 1. The van der Waals surface area contributed by atoms with Crippen LogP contribution in [0.15, 0.2) is 24.3 Å². The average molecular weight is 210 g/mol. The van der Waals surface area contributed by atoms with Crippen molar-refractivity contribution >= 4 is 5.97 Å². The Morgan fingerprint density at radius 2 is 1.93 bits per heavy atom. The molecule has 0 aromatic heterocycles. The Labute approximate surface area is 88.1 Å². The van der Waals surface area contributed by atoms with Gasteiger partial charge in [0.05, 0.1) is 6.10 Å². The van der Waals surface area contributed by atoms with E-state index < -0.39 is 12.1 Å². The van der Waals surface area contributed by atoms with Crippen LogP contribution in [0.1, 0.15) is 25.5 Å². The van der Waals surface area contributed by atoms with E-state index >= 15 is 0 Å². The number of rotatable bonds is 4. The minimum atomic E-state index is -1.54. The van der Waals surface area contributed by atoms with Gasteiger partial charge in [-0.05, 0) is 19.9 Å². The second-order valence-electron chi connectivity index (χ2n) is 3.45. The van der Waals surface area contributed by atoms with Gasteiger partial charge < -0.3 is 14.9 Å². The van der Waals surface area contributed by atoms with Gasteiger partial charge in [-0.1, -0.05) is 18.2 Å². The molecular weight excluding hydrogens is 196 g/mol. The van der Waals surface area contributed by atoms with E-state index in [1.165, 1.54) is 6.07 Å². The summed E-state index contributed by atoms with van der Waals surface area (Å²) in [7, 11) is 0. The van der Waals surface area contributed by atoms with E-state index in [4.69, 9.17) is 9.84 Å². The molecule has 0 spiro atoms. The van der Waals surface area contributed by atoms with Crippen molar-refractivity contribution in [3.05, 3.63) is 29.8 Å². The lowest BCUT2D eigenvalue weighted by Crippen LogP contribution is -2.14. The third-order valence-corrected chi connectivity index (χ3v) is 1.81. The summed E-state index contributed by atoms with van der Waals surface area (Å²) in [6.07, 6.45) is -1.60. The molecule has 0 heterocycles. The third kappa shape index (κ3) is 2.95. The monoisotopic (exact) mass is 210 g/mol. The lowest BCUT2D eigenvalue weighted by molar-refractivity contribution is -0.147. The Morgan fingerprint density at radius 1 is 1.33 bits per heavy atom. The van der Waals surface area contributed by atoms with Gasteiger partial charge in [0.2, 0.25) is 0 Å². The fourth-order valence-corrected chi connectivity index (χ4v) is 1.20. The fraction of sp³-hybridized carbons (Fsp3) is 0.364. The number of carboxylic acid groups (broad SMARTS) is 1. The summed E-state index contributed by atoms with van der Waals surface area (Å²) in [5, 5.41) is 18.1. The number of hydrogen-bond donors (Lipinski definition) is 2. The van der Waals surface area contributed by atoms with E-state index in [0.29, 0.717) is 5.75 Å². The highest BCUT2D eigenvalue weighted by atomic mass is 16.5. The number of aliphatic hydroxyl groups is 1. The van der Waals surface area contributed by atoms with E-state index in [1.54, 1.807) is 18.2 Å². The Morgan fingerprint density at radius 3 is 2.47 bits per heavy atom. The quantitative estimate of drug-likeness (QED) is 0.792. The van der Waals surface area contributed by atoms with Crippen LogP contribution in [-0.2, 0) is 4.79 Å². The lowest BCUT2D eigenvalue weighted by Gasteiger charge is -2.15. The second-order valence-corrected chi connectivity index (χ2v) is 3.45. The molecular formula is C11H14O4. The van der Waals surface area contributed by atoms with Crippen molar-refractivity contribution in [2.45, 2.75) is 26.1 Å². The Kier molecular flexibility index (Phi) is 3.68. The first kappa shape index (κ1) is 11.5. The smallest absolute Gasteiger partial charge is 0.337 e. The first-order valence-corrected chi connectivity index (χ1v) is 4.69. The van der Waals surface area contributed by atoms with Crippen LogP contribution in [0.2, 0.25) is 0 Å². The maximum Gasteiger partial charge on any atom is 0.337 e. The average Bonchev–Trinajstić information content (AvgIpc) is 2.16. The van der Waals surface area contributed by atoms with Crippen LogP contribution in [0.3, 0.4) is 0 Å². The molecule has 0 saturated heterocycles. The number of para-hydroxylation sites is 1. The van der Waals surface area contributed by atoms with Crippen molar-refractivity contribution in [3.8, 4) is 5.75 Å². The maximum absolute atomic E-state index is 10.6. The van der Waals surface area contributed by atoms with Gasteiger partial charge in [-0.3, -0.25) is 0 Å². The van der Waals surface area contributed by atoms with Crippen molar-refractivity contribution in [1.29, 1.82) is 0 Å². The molecule has 82 valence electrons. The van der Waals surface area contributed by atoms with Crippen molar-refractivity contribution in [2.24, 2.45) is 0 Å². The number of aliphatic hydroxyl groups excluding tert-OH is 1. The lowest BCUT2D eigenvalue weighted by atomic mass is 10.1. The highest BCUT2D eigenvalue weighted by molar-refractivity contribution is 5.75. The van der Waals surface area contributed by atoms with E-state index in [0.717, 1.165) is 0 Å². The van der Waals surface area contributed by atoms with Crippen molar-refractivity contribution in [2.75, 3.05) is 0 Å². The standard InChI is InChI=1S/C11H14O4/c1-7(2)15-9-6-4-3-5-8(9)10(12)11(13)14/h3-7,10,12H,1-2H3,(H,13,14). The first-order chi connectivity index (χ1) is 7.02. The van der Waals surface area contributed by atoms with Crippen LogP contribution in [0.25, 0.3) is 0 Å². The molecule has 1 rings (SSSR count). The molecule has 0 aliphatic heterocycles. The van der Waals surface area contributed by atoms with Crippen LogP contribution in [0.4, 0.5) is 0 Å². The third-order valence-electron chi connectivity index (χ3n) is 1.81. The maximum atomic E-state index is 10.6. The van der Waals surface area contributed by atoms with Crippen LogP contribution in [-0.4, -0.2) is 22.3 Å². The van der Waals surface area contributed by atoms with Gasteiger partial charge in [-0.15, -0.1) is 0 Å². The molecule has 1 atom stereocenters. The zero-order chi connectivity index (χ0) is 11.4. The molecule has 1 aromatic carbocycles. The molecule has 0 bridgehead atoms. The summed E-state index contributed by atoms with van der Waals surface area (Å²) >= 11 is 0. The first-order valence-electron chi connectivity index (χ1n) is 4.69. The van der Waals surface area contributed by atoms with Gasteiger partial charge in [0, 0.05) is 5.56 Å². The molecule has 0 radical (unpaired) electrons. The molecule has 0 aliphatic rings. The largest absolute Gasteiger partial charge is 0.491 e. The molecule has 2 N–H and O–H groups in total. The molecule has 1 aromatic rings. The summed E-state index contributed by atoms with van der Waals surface area (Å²) < 4.78 is 5.39. The molecule has 4 heteroatoms. The number of carboxylic acids is 1. The molecule has 15 heavy (non-hydrogen) atoms. The fourth-order valence-electron chi connectivity index (χ4n) is 1.20. The van der Waals surface area contributed by atoms with Gasteiger partial charge >= 0.3 is 5.97 Å². The predicted molar refractivity (Wildman–Crippen MR) is 54.8 cm³/mol. The number of aliphatic carboxylic acids is 1. The summed E-state index contributed by atoms with van der Waals surface area (Å²) in [5.74, 6) is -0.878. The molecule has 4 nitrogen and oxygen atoms in total. The number of ether oxygens (including phenoxy) is 1. The van der Waals surface area contributed by atoms with Crippen molar-refractivity contribution < 1.29 is 19.7 Å². The second kappa shape index (κ2) is 4.79. The van der Waals surface area contributed by atoms with E-state index in [2.05, 4.69) is 0 Å². The Hall–Kier alpha value is -1.55. The van der Waals surface area contributed by atoms with Gasteiger partial charge in [0.1, 0.15) is 5.75 Å². The van der Waals surface area contributed by atoms with Crippen molar-refractivity contribution in [1.82, 2.24) is 0 Å². The highest BCUT2D eigenvalue weighted by Crippen LogP contribution is 2.25. The van der Waals surface area contributed by atoms with E-state index in [-0.39, 0.29) is 11.7 Å². The number of hydrogen-bond acceptors (Lipinski definition) is 3. The van der Waals surface area contributed by atoms with Gasteiger partial charge in [-0.25, -0.2) is 4.79 Å². The predicted octanol–water partition coefficient (Wildman–Crippen LogP) is 1.59. The molecule has 0 aliphatic carbocycles. The zero-order valence-electron chi connectivity index (χ0n) is 8.68. The highest BCUT2D eigenvalue weighted by Gasteiger charge is 2.20. The minimum absolute atomic E-state index is 0.0628. The summed E-state index contributed by atoms with van der Waals surface area (Å²) in [6, 6.07) is 6.57. The van der Waals surface area contributed by atoms with Crippen LogP contribution in [0.5, 0.6) is 5.75 Å². The van der Waals surface area contributed by atoms with Gasteiger partial charge in [0.15, 0.2) is 6.10 Å². The molecule has 0 saturated carbocycles. The van der Waals surface area contributed by atoms with Gasteiger partial charge in [-0.2, -0.15) is 0 Å².